The number of aromatic amines is 1. The number of carboxylic acids is 1. The monoisotopic (exact) mass is 498 g/mol. The summed E-state index contributed by atoms with van der Waals surface area (Å²) in [4.78, 5) is 20.9. The third-order valence-electron chi connectivity index (χ3n) is 5.99. The number of rotatable bonds is 7. The van der Waals surface area contributed by atoms with Gasteiger partial charge in [-0.1, -0.05) is 49.4 Å². The lowest BCUT2D eigenvalue weighted by molar-refractivity contribution is 0.0699. The second kappa shape index (κ2) is 9.35. The Morgan fingerprint density at radius 1 is 0.972 bits per heavy atom. The molecule has 0 aliphatic rings. The molecule has 2 N–H and O–H groups in total. The van der Waals surface area contributed by atoms with Gasteiger partial charge in [-0.15, -0.1) is 0 Å². The Bertz CT molecular complexity index is 1660. The summed E-state index contributed by atoms with van der Waals surface area (Å²) in [6.07, 6.45) is 4.01. The number of aryl methyl sites for hydroxylation is 1. The predicted molar refractivity (Wildman–Crippen MR) is 136 cm³/mol. The molecule has 0 aliphatic heterocycles. The van der Waals surface area contributed by atoms with Gasteiger partial charge in [-0.05, 0) is 41.8 Å². The van der Waals surface area contributed by atoms with Crippen molar-refractivity contribution in [2.75, 3.05) is 0 Å². The van der Waals surface area contributed by atoms with Crippen LogP contribution in [0.15, 0.2) is 84.0 Å². The summed E-state index contributed by atoms with van der Waals surface area (Å²) in [5.74, 6) is -1.27. The Morgan fingerprint density at radius 2 is 1.69 bits per heavy atom. The van der Waals surface area contributed by atoms with Crippen LogP contribution in [-0.4, -0.2) is 39.7 Å². The van der Waals surface area contributed by atoms with Crippen LogP contribution in [0, 0.1) is 0 Å². The molecule has 0 saturated heterocycles. The molecular formula is C27H22N4O4S. The van der Waals surface area contributed by atoms with Gasteiger partial charge >= 0.3 is 5.97 Å². The Balaban J connectivity index is 1.52. The number of nitrogens with zero attached hydrogens (tertiary/aromatic N) is 3. The van der Waals surface area contributed by atoms with E-state index >= 15 is 0 Å². The highest BCUT2D eigenvalue weighted by Crippen LogP contribution is 2.32. The van der Waals surface area contributed by atoms with Crippen LogP contribution >= 0.6 is 0 Å². The number of fused-ring (bicyclic) bond motifs is 1. The van der Waals surface area contributed by atoms with Gasteiger partial charge in [-0.25, -0.2) is 18.2 Å². The topological polar surface area (TPSA) is 126 Å². The lowest BCUT2D eigenvalue weighted by Gasteiger charge is -2.08. The number of carbonyl (C=O) groups is 1. The van der Waals surface area contributed by atoms with Crippen LogP contribution in [0.1, 0.15) is 28.4 Å². The van der Waals surface area contributed by atoms with Crippen LogP contribution in [0.2, 0.25) is 0 Å². The van der Waals surface area contributed by atoms with Crippen LogP contribution in [0.4, 0.5) is 0 Å². The van der Waals surface area contributed by atoms with Crippen molar-refractivity contribution < 1.29 is 18.3 Å². The number of aromatic nitrogens is 4. The average Bonchev–Trinajstić information content (AvgIpc) is 3.32. The fraction of sp³-hybridized carbons (Fsp3) is 0.111. The van der Waals surface area contributed by atoms with E-state index in [2.05, 4.69) is 27.1 Å². The highest BCUT2D eigenvalue weighted by atomic mass is 32.2. The molecule has 0 amide bonds. The van der Waals surface area contributed by atoms with Crippen LogP contribution in [-0.2, 0) is 22.0 Å². The zero-order chi connectivity index (χ0) is 25.3. The van der Waals surface area contributed by atoms with E-state index < -0.39 is 15.8 Å². The zero-order valence-electron chi connectivity index (χ0n) is 19.3. The van der Waals surface area contributed by atoms with Gasteiger partial charge in [0.1, 0.15) is 0 Å². The Hall–Kier alpha value is -4.37. The minimum Gasteiger partial charge on any atom is -0.478 e. The van der Waals surface area contributed by atoms with Crippen molar-refractivity contribution >= 4 is 26.8 Å². The second-order valence-corrected chi connectivity index (χ2v) is 10.3. The Labute approximate surface area is 207 Å². The maximum absolute atomic E-state index is 12.8. The van der Waals surface area contributed by atoms with Gasteiger partial charge in [0, 0.05) is 23.5 Å². The fourth-order valence-electron chi connectivity index (χ4n) is 4.08. The third kappa shape index (κ3) is 4.48. The molecule has 0 unspecified atom stereocenters. The van der Waals surface area contributed by atoms with Gasteiger partial charge in [-0.3, -0.25) is 10.1 Å². The first-order valence-corrected chi connectivity index (χ1v) is 12.9. The number of carboxylic acid groups (broad SMARTS) is 1. The number of nitrogens with one attached hydrogen (secondary N) is 1. The van der Waals surface area contributed by atoms with Gasteiger partial charge in [-0.2, -0.15) is 5.10 Å². The number of aromatic carboxylic acids is 1. The molecule has 180 valence electrons. The third-order valence-corrected chi connectivity index (χ3v) is 7.70. The minimum absolute atomic E-state index is 0.0617. The van der Waals surface area contributed by atoms with Crippen molar-refractivity contribution in [1.82, 2.24) is 20.2 Å². The maximum atomic E-state index is 12.8. The standard InChI is InChI=1S/C27H22N4O4S/c1-2-17-5-7-20(8-6-17)25-24-22(27(32)33)14-23(29-26(24)31-30-25)19-9-11-21(12-10-19)36(34,35)16-18-4-3-13-28-15-18/h3-15H,2,16H2,1H3,(H,32,33)(H,29,30,31). The van der Waals surface area contributed by atoms with Gasteiger partial charge in [0.2, 0.25) is 0 Å². The van der Waals surface area contributed by atoms with E-state index in [1.807, 2.05) is 24.3 Å². The molecule has 3 aromatic heterocycles. The lowest BCUT2D eigenvalue weighted by Crippen LogP contribution is -2.05. The molecule has 0 bridgehead atoms. The van der Waals surface area contributed by atoms with E-state index in [1.165, 1.54) is 30.0 Å². The normalized spacial score (nSPS) is 11.6. The van der Waals surface area contributed by atoms with Crippen LogP contribution in [0.25, 0.3) is 33.5 Å². The molecule has 0 saturated carbocycles. The van der Waals surface area contributed by atoms with E-state index in [1.54, 1.807) is 30.5 Å². The van der Waals surface area contributed by atoms with Gasteiger partial charge in [0.05, 0.1) is 33.0 Å². The first kappa shape index (κ1) is 23.4. The minimum atomic E-state index is -3.57. The molecule has 0 radical (unpaired) electrons. The Morgan fingerprint density at radius 3 is 2.33 bits per heavy atom. The maximum Gasteiger partial charge on any atom is 0.336 e. The first-order chi connectivity index (χ1) is 17.4. The average molecular weight is 499 g/mol. The lowest BCUT2D eigenvalue weighted by atomic mass is 10.0. The van der Waals surface area contributed by atoms with Crippen molar-refractivity contribution in [3.8, 4) is 22.5 Å². The summed E-state index contributed by atoms with van der Waals surface area (Å²) in [5, 5.41) is 17.6. The largest absolute Gasteiger partial charge is 0.478 e. The predicted octanol–water partition coefficient (Wildman–Crippen LogP) is 4.92. The molecule has 0 aliphatic carbocycles. The van der Waals surface area contributed by atoms with Crippen molar-refractivity contribution in [2.24, 2.45) is 0 Å². The van der Waals surface area contributed by atoms with E-state index in [9.17, 15) is 18.3 Å². The van der Waals surface area contributed by atoms with E-state index in [0.29, 0.717) is 27.9 Å². The quantitative estimate of drug-likeness (QED) is 0.326. The van der Waals surface area contributed by atoms with Crippen molar-refractivity contribution in [3.05, 3.63) is 95.8 Å². The number of pyridine rings is 2. The fourth-order valence-corrected chi connectivity index (χ4v) is 5.40. The van der Waals surface area contributed by atoms with Gasteiger partial charge in [0.15, 0.2) is 15.5 Å². The van der Waals surface area contributed by atoms with Crippen LogP contribution < -0.4 is 0 Å². The van der Waals surface area contributed by atoms with Crippen molar-refractivity contribution in [1.29, 1.82) is 0 Å². The SMILES string of the molecule is CCc1ccc(-c2[nH]nc3nc(-c4ccc(S(=O)(=O)Cc5cccnc5)cc4)cc(C(=O)O)c23)cc1. The van der Waals surface area contributed by atoms with Crippen LogP contribution in [0.5, 0.6) is 0 Å². The highest BCUT2D eigenvalue weighted by molar-refractivity contribution is 7.90. The van der Waals surface area contributed by atoms with Gasteiger partial charge < -0.3 is 5.11 Å². The van der Waals surface area contributed by atoms with Gasteiger partial charge in [0.25, 0.3) is 0 Å². The molecule has 8 nitrogen and oxygen atoms in total. The highest BCUT2D eigenvalue weighted by Gasteiger charge is 2.21. The molecule has 5 aromatic rings. The second-order valence-electron chi connectivity index (χ2n) is 8.35. The molecular weight excluding hydrogens is 476 g/mol. The van der Waals surface area contributed by atoms with Crippen molar-refractivity contribution in [2.45, 2.75) is 24.0 Å². The summed E-state index contributed by atoms with van der Waals surface area (Å²) < 4.78 is 25.6. The molecule has 9 heteroatoms. The van der Waals surface area contributed by atoms with E-state index in [4.69, 9.17) is 0 Å². The van der Waals surface area contributed by atoms with Crippen LogP contribution in [0.3, 0.4) is 0 Å². The summed E-state index contributed by atoms with van der Waals surface area (Å²) in [6.45, 7) is 2.07. The summed E-state index contributed by atoms with van der Waals surface area (Å²) in [5.41, 5.74) is 4.47. The molecule has 3 heterocycles. The van der Waals surface area contributed by atoms with E-state index in [0.717, 1.165) is 12.0 Å². The summed E-state index contributed by atoms with van der Waals surface area (Å²) in [7, 11) is -3.57. The number of H-pyrrole nitrogens is 1. The van der Waals surface area contributed by atoms with Crippen molar-refractivity contribution in [3.63, 3.8) is 0 Å². The summed E-state index contributed by atoms with van der Waals surface area (Å²) >= 11 is 0. The zero-order valence-corrected chi connectivity index (χ0v) is 20.2. The number of benzene rings is 2. The number of sulfone groups is 1. The number of hydrogen-bond acceptors (Lipinski definition) is 6. The molecule has 36 heavy (non-hydrogen) atoms. The molecule has 0 atom stereocenters. The molecule has 5 rings (SSSR count). The summed E-state index contributed by atoms with van der Waals surface area (Å²) in [6, 6.07) is 19.0. The Kier molecular flexibility index (Phi) is 6.07. The smallest absolute Gasteiger partial charge is 0.336 e. The first-order valence-electron chi connectivity index (χ1n) is 11.3. The molecule has 0 spiro atoms. The molecule has 0 fully saturated rings. The number of hydrogen-bond donors (Lipinski definition) is 2. The molecule has 2 aromatic carbocycles. The van der Waals surface area contributed by atoms with E-state index in [-0.39, 0.29) is 21.9 Å².